The molecule has 0 aliphatic carbocycles. The van der Waals surface area contributed by atoms with Crippen molar-refractivity contribution < 1.29 is 9.53 Å². The highest BCUT2D eigenvalue weighted by Crippen LogP contribution is 2.14. The number of rotatable bonds is 7. The predicted molar refractivity (Wildman–Crippen MR) is 64.5 cm³/mol. The number of benzene rings is 1. The average Bonchev–Trinajstić information content (AvgIpc) is 2.34. The van der Waals surface area contributed by atoms with Gasteiger partial charge in [-0.05, 0) is 30.7 Å². The lowest BCUT2D eigenvalue weighted by Crippen LogP contribution is -2.12. The number of carbonyl (C=O) groups is 1. The number of methoxy groups -OCH3 is 1. The molecule has 0 spiro atoms. The first kappa shape index (κ1) is 12.2. The highest BCUT2D eigenvalue weighted by Gasteiger charge is 1.97. The van der Waals surface area contributed by atoms with Gasteiger partial charge in [0.05, 0.1) is 13.7 Å². The number of hydrogen-bond acceptors (Lipinski definition) is 4. The van der Waals surface area contributed by atoms with Gasteiger partial charge in [0.25, 0.3) is 0 Å². The van der Waals surface area contributed by atoms with Crippen LogP contribution in [0.2, 0.25) is 0 Å². The number of ether oxygens (including phenoxy) is 1. The van der Waals surface area contributed by atoms with Crippen molar-refractivity contribution in [1.82, 2.24) is 0 Å². The van der Waals surface area contributed by atoms with Crippen molar-refractivity contribution in [3.8, 4) is 5.75 Å². The van der Waals surface area contributed by atoms with E-state index in [2.05, 4.69) is 5.32 Å². The van der Waals surface area contributed by atoms with Crippen molar-refractivity contribution in [2.75, 3.05) is 19.0 Å². The second-order valence-corrected chi connectivity index (χ2v) is 3.39. The van der Waals surface area contributed by atoms with E-state index in [1.165, 1.54) is 0 Å². The molecule has 0 saturated carbocycles. The molecule has 0 atom stereocenters. The Bertz CT molecular complexity index is 347. The Morgan fingerprint density at radius 3 is 2.69 bits per heavy atom. The molecular weight excluding hydrogens is 204 g/mol. The number of carbonyl (C=O) groups excluding carboxylic acids is 1. The van der Waals surface area contributed by atoms with Crippen molar-refractivity contribution in [3.05, 3.63) is 24.3 Å². The molecule has 1 aromatic rings. The van der Waals surface area contributed by atoms with Crippen LogP contribution in [0.1, 0.15) is 12.8 Å². The van der Waals surface area contributed by atoms with E-state index in [0.717, 1.165) is 17.7 Å². The summed E-state index contributed by atoms with van der Waals surface area (Å²) in [4.78, 5) is 10.1. The first-order valence-electron chi connectivity index (χ1n) is 5.14. The molecule has 0 aliphatic heterocycles. The molecule has 0 aliphatic rings. The third kappa shape index (κ3) is 4.13. The molecule has 1 rings (SSSR count). The zero-order valence-corrected chi connectivity index (χ0v) is 9.32. The van der Waals surface area contributed by atoms with Crippen LogP contribution >= 0.6 is 0 Å². The maximum atomic E-state index is 10.1. The Balaban J connectivity index is 2.36. The van der Waals surface area contributed by atoms with E-state index >= 15 is 0 Å². The minimum atomic E-state index is 0.420. The van der Waals surface area contributed by atoms with Crippen molar-refractivity contribution in [1.29, 1.82) is 5.41 Å². The number of anilines is 1. The Morgan fingerprint density at radius 2 is 2.12 bits per heavy atom. The zero-order valence-electron chi connectivity index (χ0n) is 9.32. The van der Waals surface area contributed by atoms with Crippen molar-refractivity contribution >= 4 is 17.7 Å². The summed E-state index contributed by atoms with van der Waals surface area (Å²) < 4.78 is 5.04. The SMILES string of the molecule is COc1ccc(NCC(=N)CCC=O)cc1. The van der Waals surface area contributed by atoms with E-state index in [1.54, 1.807) is 7.11 Å². The van der Waals surface area contributed by atoms with Crippen LogP contribution in [0.25, 0.3) is 0 Å². The van der Waals surface area contributed by atoms with Gasteiger partial charge in [0.1, 0.15) is 12.0 Å². The van der Waals surface area contributed by atoms with E-state index in [1.807, 2.05) is 24.3 Å². The summed E-state index contributed by atoms with van der Waals surface area (Å²) in [6.45, 7) is 0.472. The summed E-state index contributed by atoms with van der Waals surface area (Å²) in [6, 6.07) is 7.51. The van der Waals surface area contributed by atoms with E-state index in [0.29, 0.717) is 25.1 Å². The second-order valence-electron chi connectivity index (χ2n) is 3.39. The standard InChI is InChI=1S/C12H16N2O2/c1-16-12-6-4-11(5-7-12)14-9-10(13)3-2-8-15/h4-8,13-14H,2-3,9H2,1H3. The minimum absolute atomic E-state index is 0.420. The van der Waals surface area contributed by atoms with Gasteiger partial charge < -0.3 is 20.3 Å². The number of aldehydes is 1. The molecule has 4 nitrogen and oxygen atoms in total. The Morgan fingerprint density at radius 1 is 1.44 bits per heavy atom. The number of nitrogens with one attached hydrogen (secondary N) is 2. The fourth-order valence-electron chi connectivity index (χ4n) is 1.24. The lowest BCUT2D eigenvalue weighted by atomic mass is 10.2. The average molecular weight is 220 g/mol. The summed E-state index contributed by atoms with van der Waals surface area (Å²) in [5.41, 5.74) is 1.47. The molecule has 2 N–H and O–H groups in total. The van der Waals surface area contributed by atoms with Crippen LogP contribution in [-0.4, -0.2) is 25.7 Å². The normalized spacial score (nSPS) is 9.56. The lowest BCUT2D eigenvalue weighted by Gasteiger charge is -2.07. The first-order valence-corrected chi connectivity index (χ1v) is 5.14. The Hall–Kier alpha value is -1.84. The van der Waals surface area contributed by atoms with Gasteiger partial charge in [-0.3, -0.25) is 0 Å². The maximum absolute atomic E-state index is 10.1. The molecule has 1 aromatic carbocycles. The summed E-state index contributed by atoms with van der Waals surface area (Å²) in [7, 11) is 1.62. The van der Waals surface area contributed by atoms with Crippen LogP contribution in [0, 0.1) is 5.41 Å². The largest absolute Gasteiger partial charge is 0.497 e. The highest BCUT2D eigenvalue weighted by molar-refractivity contribution is 5.86. The van der Waals surface area contributed by atoms with Crippen LogP contribution in [0.15, 0.2) is 24.3 Å². The van der Waals surface area contributed by atoms with Crippen LogP contribution in [-0.2, 0) is 4.79 Å². The summed E-state index contributed by atoms with van der Waals surface area (Å²) in [5, 5.41) is 10.7. The third-order valence-corrected chi connectivity index (χ3v) is 2.16. The number of hydrogen-bond donors (Lipinski definition) is 2. The molecular formula is C12H16N2O2. The van der Waals surface area contributed by atoms with E-state index < -0.39 is 0 Å². The molecule has 0 saturated heterocycles. The Labute approximate surface area is 95.1 Å². The molecule has 0 amide bonds. The van der Waals surface area contributed by atoms with Crippen LogP contribution in [0.5, 0.6) is 5.75 Å². The zero-order chi connectivity index (χ0) is 11.8. The quantitative estimate of drug-likeness (QED) is 0.546. The lowest BCUT2D eigenvalue weighted by molar-refractivity contribution is -0.107. The second kappa shape index (κ2) is 6.61. The molecule has 0 fully saturated rings. The molecule has 0 unspecified atom stereocenters. The van der Waals surface area contributed by atoms with Gasteiger partial charge in [0.15, 0.2) is 0 Å². The monoisotopic (exact) mass is 220 g/mol. The fourth-order valence-corrected chi connectivity index (χ4v) is 1.24. The summed E-state index contributed by atoms with van der Waals surface area (Å²) >= 11 is 0. The van der Waals surface area contributed by atoms with Gasteiger partial charge in [-0.2, -0.15) is 0 Å². The fraction of sp³-hybridized carbons (Fsp3) is 0.333. The van der Waals surface area contributed by atoms with Gasteiger partial charge in [0, 0.05) is 17.8 Å². The van der Waals surface area contributed by atoms with Gasteiger partial charge >= 0.3 is 0 Å². The van der Waals surface area contributed by atoms with E-state index in [9.17, 15) is 4.79 Å². The molecule has 16 heavy (non-hydrogen) atoms. The van der Waals surface area contributed by atoms with Gasteiger partial charge in [-0.25, -0.2) is 0 Å². The molecule has 0 aromatic heterocycles. The van der Waals surface area contributed by atoms with Crippen molar-refractivity contribution in [2.45, 2.75) is 12.8 Å². The van der Waals surface area contributed by atoms with Gasteiger partial charge in [-0.15, -0.1) is 0 Å². The third-order valence-electron chi connectivity index (χ3n) is 2.16. The van der Waals surface area contributed by atoms with Gasteiger partial charge in [0.2, 0.25) is 0 Å². The first-order chi connectivity index (χ1) is 7.76. The Kier molecular flexibility index (Phi) is 5.05. The molecule has 0 heterocycles. The molecule has 0 radical (unpaired) electrons. The maximum Gasteiger partial charge on any atom is 0.120 e. The molecule has 0 bridgehead atoms. The van der Waals surface area contributed by atoms with E-state index in [-0.39, 0.29) is 0 Å². The predicted octanol–water partition coefficient (Wildman–Crippen LogP) is 2.11. The van der Waals surface area contributed by atoms with Gasteiger partial charge in [-0.1, -0.05) is 0 Å². The summed E-state index contributed by atoms with van der Waals surface area (Å²) in [6.07, 6.45) is 1.78. The van der Waals surface area contributed by atoms with Crippen molar-refractivity contribution in [3.63, 3.8) is 0 Å². The minimum Gasteiger partial charge on any atom is -0.497 e. The van der Waals surface area contributed by atoms with Crippen LogP contribution < -0.4 is 10.1 Å². The summed E-state index contributed by atoms with van der Waals surface area (Å²) in [5.74, 6) is 0.807. The molecule has 86 valence electrons. The smallest absolute Gasteiger partial charge is 0.120 e. The highest BCUT2D eigenvalue weighted by atomic mass is 16.5. The molecule has 4 heteroatoms. The topological polar surface area (TPSA) is 62.2 Å². The van der Waals surface area contributed by atoms with E-state index in [4.69, 9.17) is 10.1 Å². The van der Waals surface area contributed by atoms with Crippen molar-refractivity contribution in [2.24, 2.45) is 0 Å². The van der Waals surface area contributed by atoms with Crippen LogP contribution in [0.3, 0.4) is 0 Å². The van der Waals surface area contributed by atoms with Crippen LogP contribution in [0.4, 0.5) is 5.69 Å².